The Bertz CT molecular complexity index is 1750. The first kappa shape index (κ1) is 23.5. The highest BCUT2D eigenvalue weighted by Crippen LogP contribution is 2.30. The zero-order valence-corrected chi connectivity index (χ0v) is 19.7. The molecular weight excluding hydrogens is 488 g/mol. The number of aromatic amines is 1. The van der Waals surface area contributed by atoms with Crippen LogP contribution in [0.1, 0.15) is 29.3 Å². The molecule has 0 aliphatic carbocycles. The van der Waals surface area contributed by atoms with E-state index < -0.39 is 38.7 Å². The molecule has 3 heterocycles. The third-order valence-corrected chi connectivity index (χ3v) is 7.15. The van der Waals surface area contributed by atoms with E-state index in [2.05, 4.69) is 24.7 Å². The van der Waals surface area contributed by atoms with E-state index in [4.69, 9.17) is 0 Å². The summed E-state index contributed by atoms with van der Waals surface area (Å²) in [4.78, 5) is 28.7. The minimum atomic E-state index is -3.85. The highest BCUT2D eigenvalue weighted by Gasteiger charge is 2.26. The Hall–Kier alpha value is -4.25. The maximum atomic E-state index is 15.2. The van der Waals surface area contributed by atoms with Crippen molar-refractivity contribution in [3.05, 3.63) is 84.1 Å². The Morgan fingerprint density at radius 2 is 1.89 bits per heavy atom. The van der Waals surface area contributed by atoms with Gasteiger partial charge in [0.1, 0.15) is 17.8 Å². The van der Waals surface area contributed by atoms with Crippen molar-refractivity contribution in [3.63, 3.8) is 0 Å². The second-order valence-corrected chi connectivity index (χ2v) is 9.99. The van der Waals surface area contributed by atoms with Crippen molar-refractivity contribution in [1.29, 1.82) is 0 Å². The van der Waals surface area contributed by atoms with Crippen LogP contribution in [-0.2, 0) is 10.0 Å². The number of H-pyrrole nitrogens is 1. The summed E-state index contributed by atoms with van der Waals surface area (Å²) < 4.78 is 56.2. The molecule has 0 fully saturated rings. The molecule has 0 radical (unpaired) electrons. The van der Waals surface area contributed by atoms with E-state index in [9.17, 15) is 17.6 Å². The summed E-state index contributed by atoms with van der Waals surface area (Å²) in [6.45, 7) is 1.65. The van der Waals surface area contributed by atoms with Crippen LogP contribution in [0.3, 0.4) is 0 Å². The number of halogens is 2. The van der Waals surface area contributed by atoms with Gasteiger partial charge < -0.3 is 4.98 Å². The number of anilines is 1. The molecule has 0 amide bonds. The lowest BCUT2D eigenvalue weighted by atomic mass is 9.99. The number of pyridine rings is 1. The zero-order valence-electron chi connectivity index (χ0n) is 18.9. The predicted molar refractivity (Wildman–Crippen MR) is 132 cm³/mol. The van der Waals surface area contributed by atoms with Crippen LogP contribution in [0.4, 0.5) is 14.5 Å². The lowest BCUT2D eigenvalue weighted by Gasteiger charge is -2.11. The Labute approximate surface area is 204 Å². The van der Waals surface area contributed by atoms with Gasteiger partial charge in [0.05, 0.1) is 22.5 Å². The van der Waals surface area contributed by atoms with Gasteiger partial charge in [-0.1, -0.05) is 13.0 Å². The van der Waals surface area contributed by atoms with E-state index >= 15 is 4.39 Å². The highest BCUT2D eigenvalue weighted by molar-refractivity contribution is 7.92. The molecule has 0 saturated carbocycles. The number of fused-ring (bicyclic) bond motifs is 2. The van der Waals surface area contributed by atoms with Gasteiger partial charge in [-0.25, -0.2) is 32.2 Å². The van der Waals surface area contributed by atoms with E-state index in [0.29, 0.717) is 23.0 Å². The summed E-state index contributed by atoms with van der Waals surface area (Å²) in [6, 6.07) is 9.05. The number of carbonyl (C=O) groups excluding carboxylic acids is 1. The molecule has 0 bridgehead atoms. The molecule has 2 aromatic carbocycles. The lowest BCUT2D eigenvalue weighted by molar-refractivity contribution is 0.103. The molecule has 11 heteroatoms. The first-order valence-corrected chi connectivity index (χ1v) is 12.6. The van der Waals surface area contributed by atoms with E-state index in [-0.39, 0.29) is 11.3 Å². The molecule has 36 heavy (non-hydrogen) atoms. The number of carbonyl (C=O) groups is 1. The number of nitrogens with one attached hydrogen (secondary N) is 2. The predicted octanol–water partition coefficient (Wildman–Crippen LogP) is 4.83. The maximum absolute atomic E-state index is 15.2. The van der Waals surface area contributed by atoms with Crippen molar-refractivity contribution in [2.75, 3.05) is 10.5 Å². The third-order valence-electron chi connectivity index (χ3n) is 5.67. The van der Waals surface area contributed by atoms with Gasteiger partial charge in [-0.15, -0.1) is 0 Å². The molecule has 0 atom stereocenters. The van der Waals surface area contributed by atoms with E-state index in [1.807, 2.05) is 18.2 Å². The molecule has 8 nitrogen and oxygen atoms in total. The Morgan fingerprint density at radius 1 is 1.06 bits per heavy atom. The Morgan fingerprint density at radius 3 is 2.69 bits per heavy atom. The summed E-state index contributed by atoms with van der Waals surface area (Å²) in [5, 5.41) is 1.17. The summed E-state index contributed by atoms with van der Waals surface area (Å²) in [5.41, 5.74) is 1.22. The molecule has 0 spiro atoms. The molecule has 5 rings (SSSR count). The largest absolute Gasteiger partial charge is 0.345 e. The fourth-order valence-electron chi connectivity index (χ4n) is 3.97. The minimum absolute atomic E-state index is 0.00478. The SMILES string of the molecule is CCCS(=O)(=O)Nc1ccc(F)c(C(=O)c2c[nH]c3ncc(-c4ccc5ncncc5c4)cc23)c1F. The standard InChI is InChI=1S/C25H19F2N5O3S/c1-2-7-36(34,35)32-21-6-4-19(26)22(23(21)27)24(33)18-12-30-25-17(18)9-15(11-29-25)14-3-5-20-16(8-14)10-28-13-31-20/h3-6,8-13,32H,2,7H2,1H3,(H,29,30). The molecule has 0 aliphatic heterocycles. The van der Waals surface area contributed by atoms with E-state index in [1.165, 1.54) is 12.5 Å². The fourth-order valence-corrected chi connectivity index (χ4v) is 5.11. The van der Waals surface area contributed by atoms with Crippen LogP contribution in [0.2, 0.25) is 0 Å². The number of rotatable bonds is 7. The van der Waals surface area contributed by atoms with Crippen LogP contribution in [0.15, 0.2) is 61.3 Å². The van der Waals surface area contributed by atoms with Crippen molar-refractivity contribution < 1.29 is 22.0 Å². The van der Waals surface area contributed by atoms with Crippen LogP contribution < -0.4 is 4.72 Å². The van der Waals surface area contributed by atoms with Gasteiger partial charge in [0.2, 0.25) is 15.8 Å². The van der Waals surface area contributed by atoms with Crippen LogP contribution in [0, 0.1) is 11.6 Å². The van der Waals surface area contributed by atoms with Crippen LogP contribution >= 0.6 is 0 Å². The van der Waals surface area contributed by atoms with E-state index in [1.54, 1.807) is 25.4 Å². The first-order valence-electron chi connectivity index (χ1n) is 11.0. The average Bonchev–Trinajstić information content (AvgIpc) is 3.29. The summed E-state index contributed by atoms with van der Waals surface area (Å²) >= 11 is 0. The van der Waals surface area contributed by atoms with Crippen molar-refractivity contribution >= 4 is 43.4 Å². The number of hydrogen-bond acceptors (Lipinski definition) is 6. The number of aromatic nitrogens is 4. The number of nitrogens with zero attached hydrogens (tertiary/aromatic N) is 3. The maximum Gasteiger partial charge on any atom is 0.232 e. The van der Waals surface area contributed by atoms with Crippen LogP contribution in [0.5, 0.6) is 0 Å². The molecule has 0 saturated heterocycles. The van der Waals surface area contributed by atoms with Gasteiger partial charge in [0.15, 0.2) is 5.82 Å². The summed E-state index contributed by atoms with van der Waals surface area (Å²) in [5.74, 6) is -3.58. The highest BCUT2D eigenvalue weighted by atomic mass is 32.2. The number of hydrogen-bond donors (Lipinski definition) is 2. The molecule has 182 valence electrons. The summed E-state index contributed by atoms with van der Waals surface area (Å²) in [7, 11) is -3.85. The molecule has 0 unspecified atom stereocenters. The second kappa shape index (κ2) is 9.08. The van der Waals surface area contributed by atoms with Crippen LogP contribution in [-0.4, -0.2) is 39.9 Å². The number of benzene rings is 2. The fraction of sp³-hybridized carbons (Fsp3) is 0.120. The Kier molecular flexibility index (Phi) is 5.92. The van der Waals surface area contributed by atoms with Gasteiger partial charge >= 0.3 is 0 Å². The average molecular weight is 508 g/mol. The molecule has 2 N–H and O–H groups in total. The van der Waals surface area contributed by atoms with Gasteiger partial charge in [-0.3, -0.25) is 9.52 Å². The van der Waals surface area contributed by atoms with Gasteiger partial charge in [0.25, 0.3) is 0 Å². The van der Waals surface area contributed by atoms with Gasteiger partial charge in [-0.05, 0) is 42.3 Å². The van der Waals surface area contributed by atoms with Gasteiger partial charge in [0, 0.05) is 40.5 Å². The smallest absolute Gasteiger partial charge is 0.232 e. The number of sulfonamides is 1. The molecular formula is C25H19F2N5O3S. The number of ketones is 1. The van der Waals surface area contributed by atoms with Crippen LogP contribution in [0.25, 0.3) is 33.1 Å². The van der Waals surface area contributed by atoms with Crippen molar-refractivity contribution in [3.8, 4) is 11.1 Å². The minimum Gasteiger partial charge on any atom is -0.345 e. The monoisotopic (exact) mass is 507 g/mol. The lowest BCUT2D eigenvalue weighted by Crippen LogP contribution is -2.18. The molecule has 0 aliphatic rings. The van der Waals surface area contributed by atoms with Crippen molar-refractivity contribution in [2.24, 2.45) is 0 Å². The third kappa shape index (κ3) is 4.29. The first-order chi connectivity index (χ1) is 17.3. The molecule has 5 aromatic rings. The normalized spacial score (nSPS) is 11.8. The Balaban J connectivity index is 1.57. The topological polar surface area (TPSA) is 118 Å². The summed E-state index contributed by atoms with van der Waals surface area (Å²) in [6.07, 6.45) is 6.37. The van der Waals surface area contributed by atoms with E-state index in [0.717, 1.165) is 28.6 Å². The van der Waals surface area contributed by atoms with Crippen molar-refractivity contribution in [2.45, 2.75) is 13.3 Å². The van der Waals surface area contributed by atoms with Crippen molar-refractivity contribution in [1.82, 2.24) is 19.9 Å². The molecule has 3 aromatic heterocycles. The quantitative estimate of drug-likeness (QED) is 0.305. The zero-order chi connectivity index (χ0) is 25.4. The van der Waals surface area contributed by atoms with Gasteiger partial charge in [-0.2, -0.15) is 0 Å². The second-order valence-electron chi connectivity index (χ2n) is 8.15.